The largest absolute Gasteiger partial charge is 0.383 e. The van der Waals surface area contributed by atoms with Gasteiger partial charge in [0.05, 0.1) is 18.0 Å². The van der Waals surface area contributed by atoms with Gasteiger partial charge in [-0.3, -0.25) is 0 Å². The molecule has 0 radical (unpaired) electrons. The molecular weight excluding hydrogens is 292 g/mol. The molecule has 0 fully saturated rings. The van der Waals surface area contributed by atoms with Gasteiger partial charge >= 0.3 is 6.03 Å². The first-order valence-electron chi connectivity index (χ1n) is 7.27. The van der Waals surface area contributed by atoms with E-state index in [1.807, 2.05) is 30.3 Å². The normalized spacial score (nSPS) is 10.7. The fourth-order valence-corrected chi connectivity index (χ4v) is 1.77. The van der Waals surface area contributed by atoms with Crippen LogP contribution in [0.25, 0.3) is 0 Å². The zero-order chi connectivity index (χ0) is 16.5. The van der Waals surface area contributed by atoms with Crippen molar-refractivity contribution in [3.63, 3.8) is 0 Å². The highest BCUT2D eigenvalue weighted by molar-refractivity contribution is 5.89. The molecule has 6 heteroatoms. The van der Waals surface area contributed by atoms with E-state index in [-0.39, 0.29) is 6.03 Å². The van der Waals surface area contributed by atoms with Gasteiger partial charge in [0.25, 0.3) is 0 Å². The number of hydrogen-bond acceptors (Lipinski definition) is 4. The average molecular weight is 312 g/mol. The maximum absolute atomic E-state index is 11.9. The lowest BCUT2D eigenvalue weighted by molar-refractivity contribution is 0.165. The van der Waals surface area contributed by atoms with Gasteiger partial charge in [-0.1, -0.05) is 18.2 Å². The van der Waals surface area contributed by atoms with Crippen LogP contribution in [0, 0.1) is 0 Å². The minimum Gasteiger partial charge on any atom is -0.383 e. The Hall–Kier alpha value is -2.73. The Morgan fingerprint density at radius 1 is 1.04 bits per heavy atom. The van der Waals surface area contributed by atoms with Gasteiger partial charge in [-0.15, -0.1) is 0 Å². The minimum atomic E-state index is -0.180. The predicted molar refractivity (Wildman–Crippen MR) is 90.6 cm³/mol. The molecule has 0 unspecified atom stereocenters. The first-order valence-corrected chi connectivity index (χ1v) is 7.27. The standard InChI is InChI=1S/C17H20N4O2/c1-21(12-13-23-2)17(22)18-14-8-10-16(11-9-14)20-19-15-6-4-3-5-7-15/h3-11H,12-13H2,1-2H3,(H,18,22). The van der Waals surface area contributed by atoms with Crippen LogP contribution in [0.4, 0.5) is 21.9 Å². The maximum Gasteiger partial charge on any atom is 0.321 e. The number of ether oxygens (including phenoxy) is 1. The third-order valence-electron chi connectivity index (χ3n) is 3.13. The Balaban J connectivity index is 1.92. The number of rotatable bonds is 6. The molecule has 0 atom stereocenters. The summed E-state index contributed by atoms with van der Waals surface area (Å²) in [5.41, 5.74) is 2.22. The predicted octanol–water partition coefficient (Wildman–Crippen LogP) is 4.21. The Morgan fingerprint density at radius 2 is 1.65 bits per heavy atom. The number of carbonyl (C=O) groups is 1. The minimum absolute atomic E-state index is 0.180. The zero-order valence-electron chi connectivity index (χ0n) is 13.3. The van der Waals surface area contributed by atoms with Crippen molar-refractivity contribution in [3.8, 4) is 0 Å². The molecule has 0 aromatic heterocycles. The molecule has 0 bridgehead atoms. The molecule has 2 rings (SSSR count). The number of amides is 2. The van der Waals surface area contributed by atoms with E-state index in [4.69, 9.17) is 4.74 Å². The third kappa shape index (κ3) is 5.52. The monoisotopic (exact) mass is 312 g/mol. The Labute approximate surface area is 135 Å². The Bertz CT molecular complexity index is 641. The molecule has 6 nitrogen and oxygen atoms in total. The topological polar surface area (TPSA) is 66.3 Å². The summed E-state index contributed by atoms with van der Waals surface area (Å²) in [7, 11) is 3.32. The fraction of sp³-hybridized carbons (Fsp3) is 0.235. The van der Waals surface area contributed by atoms with E-state index in [2.05, 4.69) is 15.5 Å². The van der Waals surface area contributed by atoms with Crippen LogP contribution in [-0.4, -0.2) is 38.2 Å². The van der Waals surface area contributed by atoms with E-state index in [0.717, 1.165) is 11.4 Å². The molecule has 1 N–H and O–H groups in total. The number of nitrogens with zero attached hydrogens (tertiary/aromatic N) is 3. The second-order valence-electron chi connectivity index (χ2n) is 4.93. The molecular formula is C17H20N4O2. The summed E-state index contributed by atoms with van der Waals surface area (Å²) in [6.45, 7) is 1.04. The van der Waals surface area contributed by atoms with Gasteiger partial charge in [0.2, 0.25) is 0 Å². The van der Waals surface area contributed by atoms with E-state index in [9.17, 15) is 4.79 Å². The molecule has 2 aromatic rings. The van der Waals surface area contributed by atoms with Gasteiger partial charge < -0.3 is 15.0 Å². The Morgan fingerprint density at radius 3 is 2.26 bits per heavy atom. The smallest absolute Gasteiger partial charge is 0.321 e. The first kappa shape index (κ1) is 16.6. The van der Waals surface area contributed by atoms with Gasteiger partial charge in [-0.25, -0.2) is 4.79 Å². The molecule has 0 aliphatic heterocycles. The summed E-state index contributed by atoms with van der Waals surface area (Å²) < 4.78 is 4.95. The van der Waals surface area contributed by atoms with E-state index >= 15 is 0 Å². The first-order chi connectivity index (χ1) is 11.2. The molecule has 0 spiro atoms. The van der Waals surface area contributed by atoms with Crippen LogP contribution >= 0.6 is 0 Å². The summed E-state index contributed by atoms with van der Waals surface area (Å²) >= 11 is 0. The Kier molecular flexibility index (Phi) is 6.26. The van der Waals surface area contributed by atoms with Crippen molar-refractivity contribution in [2.24, 2.45) is 10.2 Å². The second-order valence-corrected chi connectivity index (χ2v) is 4.93. The SMILES string of the molecule is COCCN(C)C(=O)Nc1ccc(N=Nc2ccccc2)cc1. The van der Waals surface area contributed by atoms with Crippen LogP contribution in [0.3, 0.4) is 0 Å². The summed E-state index contributed by atoms with van der Waals surface area (Å²) in [5.74, 6) is 0. The highest BCUT2D eigenvalue weighted by atomic mass is 16.5. The number of benzene rings is 2. The van der Waals surface area contributed by atoms with Crippen molar-refractivity contribution in [2.75, 3.05) is 32.6 Å². The van der Waals surface area contributed by atoms with Crippen LogP contribution in [0.2, 0.25) is 0 Å². The van der Waals surface area contributed by atoms with Crippen LogP contribution < -0.4 is 5.32 Å². The lowest BCUT2D eigenvalue weighted by Gasteiger charge is -2.17. The molecule has 0 aliphatic rings. The molecule has 2 amide bonds. The lowest BCUT2D eigenvalue weighted by atomic mass is 10.3. The number of hydrogen-bond donors (Lipinski definition) is 1. The van der Waals surface area contributed by atoms with E-state index in [0.29, 0.717) is 18.8 Å². The van der Waals surface area contributed by atoms with Crippen molar-refractivity contribution in [1.29, 1.82) is 0 Å². The van der Waals surface area contributed by atoms with Crippen LogP contribution in [0.1, 0.15) is 0 Å². The fourth-order valence-electron chi connectivity index (χ4n) is 1.77. The quantitative estimate of drug-likeness (QED) is 0.812. The number of carbonyl (C=O) groups excluding carboxylic acids is 1. The molecule has 2 aromatic carbocycles. The lowest BCUT2D eigenvalue weighted by Crippen LogP contribution is -2.33. The molecule has 120 valence electrons. The van der Waals surface area contributed by atoms with Gasteiger partial charge in [0, 0.05) is 26.4 Å². The summed E-state index contributed by atoms with van der Waals surface area (Å²) in [4.78, 5) is 13.5. The third-order valence-corrected chi connectivity index (χ3v) is 3.13. The zero-order valence-corrected chi connectivity index (χ0v) is 13.3. The number of azo groups is 1. The summed E-state index contributed by atoms with van der Waals surface area (Å²) in [6.07, 6.45) is 0. The van der Waals surface area contributed by atoms with Crippen molar-refractivity contribution < 1.29 is 9.53 Å². The average Bonchev–Trinajstić information content (AvgIpc) is 2.60. The van der Waals surface area contributed by atoms with Crippen LogP contribution in [-0.2, 0) is 4.74 Å². The molecule has 0 heterocycles. The number of anilines is 1. The van der Waals surface area contributed by atoms with Crippen molar-refractivity contribution in [3.05, 3.63) is 54.6 Å². The van der Waals surface area contributed by atoms with Gasteiger partial charge in [0.15, 0.2) is 0 Å². The van der Waals surface area contributed by atoms with E-state index < -0.39 is 0 Å². The molecule has 0 saturated carbocycles. The van der Waals surface area contributed by atoms with Crippen molar-refractivity contribution in [2.45, 2.75) is 0 Å². The summed E-state index contributed by atoms with van der Waals surface area (Å²) in [5, 5.41) is 11.1. The van der Waals surface area contributed by atoms with Gasteiger partial charge in [-0.05, 0) is 36.4 Å². The molecule has 23 heavy (non-hydrogen) atoms. The van der Waals surface area contributed by atoms with Crippen LogP contribution in [0.15, 0.2) is 64.8 Å². The van der Waals surface area contributed by atoms with E-state index in [1.165, 1.54) is 0 Å². The van der Waals surface area contributed by atoms with Crippen LogP contribution in [0.5, 0.6) is 0 Å². The van der Waals surface area contributed by atoms with E-state index in [1.54, 1.807) is 43.3 Å². The summed E-state index contributed by atoms with van der Waals surface area (Å²) in [6, 6.07) is 16.5. The van der Waals surface area contributed by atoms with Crippen molar-refractivity contribution in [1.82, 2.24) is 4.90 Å². The maximum atomic E-state index is 11.9. The number of methoxy groups -OCH3 is 1. The highest BCUT2D eigenvalue weighted by Gasteiger charge is 2.07. The van der Waals surface area contributed by atoms with Gasteiger partial charge in [-0.2, -0.15) is 10.2 Å². The van der Waals surface area contributed by atoms with Gasteiger partial charge in [0.1, 0.15) is 0 Å². The number of urea groups is 1. The molecule has 0 aliphatic carbocycles. The highest BCUT2D eigenvalue weighted by Crippen LogP contribution is 2.20. The second kappa shape index (κ2) is 8.65. The number of nitrogens with one attached hydrogen (secondary N) is 1. The number of likely N-dealkylation sites (N-methyl/N-ethyl adjacent to an activating group) is 1. The molecule has 0 saturated heterocycles. The van der Waals surface area contributed by atoms with Crippen molar-refractivity contribution >= 4 is 23.1 Å².